The molecule has 1 nitrogen and oxygen atoms in total. The van der Waals surface area contributed by atoms with Gasteiger partial charge in [0.05, 0.1) is 0 Å². The molecule has 118 valence electrons. The van der Waals surface area contributed by atoms with E-state index >= 15 is 0 Å². The van der Waals surface area contributed by atoms with Crippen LogP contribution >= 0.6 is 0 Å². The van der Waals surface area contributed by atoms with Crippen molar-refractivity contribution in [2.45, 2.75) is 18.3 Å². The lowest BCUT2D eigenvalue weighted by Gasteiger charge is -2.36. The molecule has 0 aliphatic carbocycles. The zero-order chi connectivity index (χ0) is 16.7. The van der Waals surface area contributed by atoms with Crippen molar-refractivity contribution in [2.75, 3.05) is 6.61 Å². The molecule has 0 aromatic heterocycles. The Morgan fingerprint density at radius 2 is 1.00 bits per heavy atom. The fraction of sp³-hybridized carbons (Fsp3) is 0.182. The predicted molar refractivity (Wildman–Crippen MR) is 100 cm³/mol. The van der Waals surface area contributed by atoms with E-state index in [0.717, 1.165) is 12.8 Å². The molecule has 0 aliphatic rings. The number of benzene rings is 3. The van der Waals surface area contributed by atoms with Crippen LogP contribution in [0.2, 0.25) is 0 Å². The molecule has 0 saturated heterocycles. The van der Waals surface area contributed by atoms with Gasteiger partial charge in [0, 0.05) is 12.0 Å². The molecule has 0 bridgehead atoms. The van der Waals surface area contributed by atoms with Crippen LogP contribution in [0.1, 0.15) is 29.5 Å². The SMILES string of the molecule is [B]OCCCC(c1ccccc1)(c1ccccc1)c1ccccc1. The van der Waals surface area contributed by atoms with Crippen LogP contribution in [0.4, 0.5) is 0 Å². The third-order valence-corrected chi connectivity index (χ3v) is 4.61. The molecular formula is C22H21BO. The van der Waals surface area contributed by atoms with E-state index in [1.807, 2.05) is 0 Å². The van der Waals surface area contributed by atoms with Crippen LogP contribution in [-0.4, -0.2) is 14.7 Å². The largest absolute Gasteiger partial charge is 0.448 e. The first-order valence-electron chi connectivity index (χ1n) is 8.36. The van der Waals surface area contributed by atoms with E-state index < -0.39 is 0 Å². The molecule has 0 N–H and O–H groups in total. The fourth-order valence-corrected chi connectivity index (χ4v) is 3.52. The summed E-state index contributed by atoms with van der Waals surface area (Å²) in [5, 5.41) is 0. The van der Waals surface area contributed by atoms with Gasteiger partial charge in [-0.05, 0) is 29.5 Å². The molecule has 0 saturated carbocycles. The van der Waals surface area contributed by atoms with Crippen LogP contribution in [0.25, 0.3) is 0 Å². The van der Waals surface area contributed by atoms with Crippen molar-refractivity contribution >= 4 is 8.05 Å². The van der Waals surface area contributed by atoms with Gasteiger partial charge < -0.3 is 4.65 Å². The van der Waals surface area contributed by atoms with Gasteiger partial charge in [0.25, 0.3) is 8.05 Å². The van der Waals surface area contributed by atoms with Gasteiger partial charge in [0.15, 0.2) is 0 Å². The van der Waals surface area contributed by atoms with E-state index in [-0.39, 0.29) is 5.41 Å². The summed E-state index contributed by atoms with van der Waals surface area (Å²) in [4.78, 5) is 0. The summed E-state index contributed by atoms with van der Waals surface area (Å²) in [6, 6.07) is 32.1. The smallest absolute Gasteiger partial charge is 0.282 e. The highest BCUT2D eigenvalue weighted by molar-refractivity contribution is 5.97. The van der Waals surface area contributed by atoms with Gasteiger partial charge in [-0.25, -0.2) is 0 Å². The quantitative estimate of drug-likeness (QED) is 0.342. The third-order valence-electron chi connectivity index (χ3n) is 4.61. The lowest BCUT2D eigenvalue weighted by atomic mass is 9.67. The molecule has 0 fully saturated rings. The molecule has 0 atom stereocenters. The Morgan fingerprint density at radius 3 is 1.33 bits per heavy atom. The molecule has 3 aromatic carbocycles. The average molecular weight is 312 g/mol. The molecule has 0 unspecified atom stereocenters. The zero-order valence-corrected chi connectivity index (χ0v) is 13.8. The van der Waals surface area contributed by atoms with E-state index in [2.05, 4.69) is 91.0 Å². The lowest BCUT2D eigenvalue weighted by Crippen LogP contribution is -2.30. The summed E-state index contributed by atoms with van der Waals surface area (Å²) in [5.41, 5.74) is 3.67. The summed E-state index contributed by atoms with van der Waals surface area (Å²) >= 11 is 0. The van der Waals surface area contributed by atoms with Gasteiger partial charge in [-0.1, -0.05) is 91.0 Å². The van der Waals surface area contributed by atoms with Gasteiger partial charge >= 0.3 is 0 Å². The van der Waals surface area contributed by atoms with Crippen molar-refractivity contribution in [1.29, 1.82) is 0 Å². The van der Waals surface area contributed by atoms with Crippen molar-refractivity contribution in [3.63, 3.8) is 0 Å². The molecule has 2 radical (unpaired) electrons. The first-order valence-corrected chi connectivity index (χ1v) is 8.36. The highest BCUT2D eigenvalue weighted by Crippen LogP contribution is 2.42. The third kappa shape index (κ3) is 3.29. The van der Waals surface area contributed by atoms with Gasteiger partial charge in [-0.2, -0.15) is 0 Å². The second-order valence-electron chi connectivity index (χ2n) is 5.98. The summed E-state index contributed by atoms with van der Waals surface area (Å²) in [5.74, 6) is 0. The maximum absolute atomic E-state index is 5.27. The second-order valence-corrected chi connectivity index (χ2v) is 5.98. The van der Waals surface area contributed by atoms with Crippen LogP contribution in [0.3, 0.4) is 0 Å². The molecule has 24 heavy (non-hydrogen) atoms. The first-order chi connectivity index (χ1) is 11.9. The standard InChI is InChI=1S/C22H21BO/c23-24-18-10-17-22(19-11-4-1-5-12-19,20-13-6-2-7-14-20)21-15-8-3-9-16-21/h1-9,11-16H,10,17-18H2. The second kappa shape index (κ2) is 7.98. The Bertz CT molecular complexity index is 629. The summed E-state index contributed by atoms with van der Waals surface area (Å²) in [6.07, 6.45) is 1.82. The maximum Gasteiger partial charge on any atom is 0.282 e. The van der Waals surface area contributed by atoms with Crippen LogP contribution in [0.5, 0.6) is 0 Å². The van der Waals surface area contributed by atoms with Crippen molar-refractivity contribution < 1.29 is 4.65 Å². The Kier molecular flexibility index (Phi) is 5.50. The highest BCUT2D eigenvalue weighted by Gasteiger charge is 2.35. The molecular weight excluding hydrogens is 291 g/mol. The average Bonchev–Trinajstić information content (AvgIpc) is 2.68. The molecule has 0 spiro atoms. The topological polar surface area (TPSA) is 9.23 Å². The van der Waals surface area contributed by atoms with Crippen molar-refractivity contribution in [2.24, 2.45) is 0 Å². The van der Waals surface area contributed by atoms with E-state index in [1.54, 1.807) is 0 Å². The van der Waals surface area contributed by atoms with Crippen LogP contribution in [-0.2, 0) is 10.1 Å². The Hall–Kier alpha value is -2.32. The molecule has 0 amide bonds. The first kappa shape index (κ1) is 16.5. The highest BCUT2D eigenvalue weighted by atomic mass is 16.4. The van der Waals surface area contributed by atoms with Gasteiger partial charge in [0.2, 0.25) is 0 Å². The summed E-state index contributed by atoms with van der Waals surface area (Å²) in [6.45, 7) is 0.550. The number of rotatable bonds is 7. The van der Waals surface area contributed by atoms with Crippen molar-refractivity contribution in [1.82, 2.24) is 0 Å². The summed E-state index contributed by atoms with van der Waals surface area (Å²) < 4.78 is 4.84. The van der Waals surface area contributed by atoms with E-state index in [0.29, 0.717) is 6.61 Å². The molecule has 0 aliphatic heterocycles. The Balaban J connectivity index is 2.20. The van der Waals surface area contributed by atoms with E-state index in [1.165, 1.54) is 16.7 Å². The minimum Gasteiger partial charge on any atom is -0.448 e. The normalized spacial score (nSPS) is 11.3. The fourth-order valence-electron chi connectivity index (χ4n) is 3.52. The van der Waals surface area contributed by atoms with Gasteiger partial charge in [-0.15, -0.1) is 0 Å². The zero-order valence-electron chi connectivity index (χ0n) is 13.8. The maximum atomic E-state index is 5.27. The molecule has 3 rings (SSSR count). The Labute approximate surface area is 145 Å². The monoisotopic (exact) mass is 312 g/mol. The van der Waals surface area contributed by atoms with E-state index in [9.17, 15) is 0 Å². The number of hydrogen-bond donors (Lipinski definition) is 0. The minimum atomic E-state index is -0.206. The van der Waals surface area contributed by atoms with Gasteiger partial charge in [0.1, 0.15) is 0 Å². The summed E-state index contributed by atoms with van der Waals surface area (Å²) in [7, 11) is 5.27. The number of hydrogen-bond acceptors (Lipinski definition) is 1. The van der Waals surface area contributed by atoms with Crippen LogP contribution in [0.15, 0.2) is 91.0 Å². The van der Waals surface area contributed by atoms with E-state index in [4.69, 9.17) is 12.7 Å². The molecule has 2 heteroatoms. The predicted octanol–water partition coefficient (Wildman–Crippen LogP) is 4.90. The van der Waals surface area contributed by atoms with Crippen LogP contribution in [0, 0.1) is 0 Å². The van der Waals surface area contributed by atoms with Gasteiger partial charge in [-0.3, -0.25) is 0 Å². The molecule has 0 heterocycles. The minimum absolute atomic E-state index is 0.206. The lowest BCUT2D eigenvalue weighted by molar-refractivity contribution is 0.322. The van der Waals surface area contributed by atoms with Crippen molar-refractivity contribution in [3.05, 3.63) is 108 Å². The van der Waals surface area contributed by atoms with Crippen molar-refractivity contribution in [3.8, 4) is 0 Å². The molecule has 3 aromatic rings. The van der Waals surface area contributed by atoms with Crippen LogP contribution < -0.4 is 0 Å². The Morgan fingerprint density at radius 1 is 0.625 bits per heavy atom.